The smallest absolute Gasteiger partial charge is 0.415 e. The molecule has 3 rings (SSSR count). The maximum atomic E-state index is 12.5. The Kier molecular flexibility index (Phi) is 4.29. The number of amides is 1. The highest BCUT2D eigenvalue weighted by molar-refractivity contribution is 5.83. The summed E-state index contributed by atoms with van der Waals surface area (Å²) in [6, 6.07) is 3.58. The number of fused-ring (bicyclic) bond motifs is 1. The Morgan fingerprint density at radius 3 is 2.87 bits per heavy atom. The van der Waals surface area contributed by atoms with E-state index in [1.807, 2.05) is 14.0 Å². The number of methoxy groups -OCH3 is 1. The van der Waals surface area contributed by atoms with Crippen molar-refractivity contribution in [2.24, 2.45) is 0 Å². The molecule has 1 aromatic carbocycles. The molecule has 0 spiro atoms. The Bertz CT molecular complexity index is 722. The molecule has 1 aliphatic heterocycles. The Labute approximate surface area is 134 Å². The molecule has 122 valence electrons. The predicted octanol–water partition coefficient (Wildman–Crippen LogP) is 1.77. The molecule has 1 atom stereocenters. The van der Waals surface area contributed by atoms with Gasteiger partial charge in [-0.05, 0) is 20.0 Å². The molecule has 1 saturated heterocycles. The van der Waals surface area contributed by atoms with Crippen molar-refractivity contribution in [2.45, 2.75) is 13.0 Å². The predicted molar refractivity (Wildman–Crippen MR) is 85.8 cm³/mol. The number of carbonyl (C=O) groups is 1. The third-order valence-corrected chi connectivity index (χ3v) is 4.05. The van der Waals surface area contributed by atoms with Crippen LogP contribution in [0.25, 0.3) is 10.9 Å². The zero-order valence-electron chi connectivity index (χ0n) is 13.5. The number of hydrogen-bond donors (Lipinski definition) is 0. The number of likely N-dealkylation sites (N-methyl/N-ethyl adjacent to an activating group) is 1. The Hall–Kier alpha value is -2.41. The van der Waals surface area contributed by atoms with Crippen LogP contribution in [-0.2, 0) is 0 Å². The molecule has 1 aliphatic rings. The van der Waals surface area contributed by atoms with E-state index in [1.165, 1.54) is 13.4 Å². The van der Waals surface area contributed by atoms with Gasteiger partial charge in [0.15, 0.2) is 11.5 Å². The topological polar surface area (TPSA) is 67.8 Å². The molecule has 1 fully saturated rings. The summed E-state index contributed by atoms with van der Waals surface area (Å²) in [6.45, 7) is 4.33. The molecule has 2 heterocycles. The third kappa shape index (κ3) is 3.19. The zero-order valence-corrected chi connectivity index (χ0v) is 13.5. The van der Waals surface area contributed by atoms with Crippen LogP contribution in [0.3, 0.4) is 0 Å². The van der Waals surface area contributed by atoms with Crippen LogP contribution in [0, 0.1) is 0 Å². The molecule has 2 aromatic rings. The molecule has 1 aromatic heterocycles. The average molecular weight is 316 g/mol. The van der Waals surface area contributed by atoms with Crippen LogP contribution < -0.4 is 9.47 Å². The van der Waals surface area contributed by atoms with Crippen LogP contribution in [0.15, 0.2) is 24.7 Å². The number of hydrogen-bond acceptors (Lipinski definition) is 6. The second-order valence-electron chi connectivity index (χ2n) is 5.76. The van der Waals surface area contributed by atoms with Crippen LogP contribution in [0.2, 0.25) is 0 Å². The van der Waals surface area contributed by atoms with E-state index in [0.29, 0.717) is 18.0 Å². The van der Waals surface area contributed by atoms with Crippen LogP contribution in [0.5, 0.6) is 11.5 Å². The van der Waals surface area contributed by atoms with E-state index in [4.69, 9.17) is 9.47 Å². The first kappa shape index (κ1) is 15.5. The molecular weight excluding hydrogens is 296 g/mol. The number of carbonyl (C=O) groups excluding carboxylic acids is 1. The summed E-state index contributed by atoms with van der Waals surface area (Å²) >= 11 is 0. The van der Waals surface area contributed by atoms with Gasteiger partial charge in [-0.25, -0.2) is 14.8 Å². The minimum absolute atomic E-state index is 0.107. The lowest BCUT2D eigenvalue weighted by Gasteiger charge is -2.37. The summed E-state index contributed by atoms with van der Waals surface area (Å²) in [5, 5.41) is 0.794. The largest absolute Gasteiger partial charge is 0.493 e. The maximum absolute atomic E-state index is 12.5. The minimum Gasteiger partial charge on any atom is -0.493 e. The van der Waals surface area contributed by atoms with Crippen molar-refractivity contribution in [3.63, 3.8) is 0 Å². The van der Waals surface area contributed by atoms with Crippen molar-refractivity contribution >= 4 is 17.0 Å². The number of nitrogens with zero attached hydrogens (tertiary/aromatic N) is 4. The summed E-state index contributed by atoms with van der Waals surface area (Å²) in [5.74, 6) is 0.859. The number of benzene rings is 1. The number of piperazine rings is 1. The molecule has 7 nitrogen and oxygen atoms in total. The first-order valence-corrected chi connectivity index (χ1v) is 7.53. The van der Waals surface area contributed by atoms with Gasteiger partial charge in [0.1, 0.15) is 6.33 Å². The Morgan fingerprint density at radius 2 is 2.13 bits per heavy atom. The number of aromatic nitrogens is 2. The molecule has 0 saturated carbocycles. The van der Waals surface area contributed by atoms with Crippen molar-refractivity contribution in [2.75, 3.05) is 33.8 Å². The van der Waals surface area contributed by atoms with Gasteiger partial charge in [-0.2, -0.15) is 0 Å². The van der Waals surface area contributed by atoms with E-state index in [0.717, 1.165) is 24.0 Å². The highest BCUT2D eigenvalue weighted by Gasteiger charge is 2.28. The van der Waals surface area contributed by atoms with Gasteiger partial charge < -0.3 is 19.3 Å². The molecule has 0 bridgehead atoms. The van der Waals surface area contributed by atoms with E-state index in [2.05, 4.69) is 14.9 Å². The molecule has 0 N–H and O–H groups in total. The lowest BCUT2D eigenvalue weighted by molar-refractivity contribution is 0.0886. The van der Waals surface area contributed by atoms with Gasteiger partial charge in [0.05, 0.1) is 12.6 Å². The zero-order chi connectivity index (χ0) is 16.4. The summed E-state index contributed by atoms with van der Waals surface area (Å²) < 4.78 is 10.9. The lowest BCUT2D eigenvalue weighted by Crippen LogP contribution is -2.53. The second-order valence-corrected chi connectivity index (χ2v) is 5.76. The first-order chi connectivity index (χ1) is 11.1. The van der Waals surface area contributed by atoms with Crippen LogP contribution in [0.1, 0.15) is 6.92 Å². The fourth-order valence-electron chi connectivity index (χ4n) is 2.79. The number of rotatable bonds is 2. The van der Waals surface area contributed by atoms with Crippen molar-refractivity contribution in [1.29, 1.82) is 0 Å². The van der Waals surface area contributed by atoms with E-state index in [1.54, 1.807) is 23.2 Å². The molecule has 23 heavy (non-hydrogen) atoms. The summed E-state index contributed by atoms with van der Waals surface area (Å²) in [6.07, 6.45) is 2.79. The summed E-state index contributed by atoms with van der Waals surface area (Å²) in [7, 11) is 3.59. The van der Waals surface area contributed by atoms with Crippen molar-refractivity contribution in [3.8, 4) is 11.5 Å². The van der Waals surface area contributed by atoms with E-state index < -0.39 is 0 Å². The van der Waals surface area contributed by atoms with Crippen LogP contribution in [-0.4, -0.2) is 65.7 Å². The lowest BCUT2D eigenvalue weighted by atomic mass is 10.2. The summed E-state index contributed by atoms with van der Waals surface area (Å²) in [4.78, 5) is 24.6. The SMILES string of the molecule is COc1cc2ncncc2cc1OC(=O)N1CCN(C)C[C@H]1C. The van der Waals surface area contributed by atoms with E-state index in [9.17, 15) is 4.79 Å². The van der Waals surface area contributed by atoms with Gasteiger partial charge in [0.25, 0.3) is 0 Å². The van der Waals surface area contributed by atoms with Gasteiger partial charge in [-0.1, -0.05) is 0 Å². The Morgan fingerprint density at radius 1 is 1.30 bits per heavy atom. The van der Waals surface area contributed by atoms with Gasteiger partial charge in [0, 0.05) is 43.3 Å². The average Bonchev–Trinajstić information content (AvgIpc) is 2.54. The van der Waals surface area contributed by atoms with Gasteiger partial charge in [-0.15, -0.1) is 0 Å². The van der Waals surface area contributed by atoms with Crippen molar-refractivity contribution < 1.29 is 14.3 Å². The highest BCUT2D eigenvalue weighted by atomic mass is 16.6. The molecule has 0 radical (unpaired) electrons. The monoisotopic (exact) mass is 316 g/mol. The van der Waals surface area contributed by atoms with E-state index >= 15 is 0 Å². The van der Waals surface area contributed by atoms with Crippen LogP contribution >= 0.6 is 0 Å². The van der Waals surface area contributed by atoms with E-state index in [-0.39, 0.29) is 12.1 Å². The fraction of sp³-hybridized carbons (Fsp3) is 0.438. The third-order valence-electron chi connectivity index (χ3n) is 4.05. The molecule has 0 unspecified atom stereocenters. The quantitative estimate of drug-likeness (QED) is 0.841. The standard InChI is InChI=1S/C16H20N4O3/c1-11-9-19(2)4-5-20(11)16(21)23-15-6-12-8-17-10-18-13(12)7-14(15)22-3/h6-8,10-11H,4-5,9H2,1-3H3/t11-/m1/s1. The normalized spacial score (nSPS) is 18.9. The molecule has 7 heteroatoms. The molecule has 1 amide bonds. The van der Waals surface area contributed by atoms with Crippen molar-refractivity contribution in [3.05, 3.63) is 24.7 Å². The first-order valence-electron chi connectivity index (χ1n) is 7.53. The molecule has 0 aliphatic carbocycles. The minimum atomic E-state index is -0.361. The highest BCUT2D eigenvalue weighted by Crippen LogP contribution is 2.31. The second kappa shape index (κ2) is 6.37. The van der Waals surface area contributed by atoms with Crippen LogP contribution in [0.4, 0.5) is 4.79 Å². The maximum Gasteiger partial charge on any atom is 0.415 e. The van der Waals surface area contributed by atoms with Crippen molar-refractivity contribution in [1.82, 2.24) is 19.8 Å². The Balaban J connectivity index is 1.84. The number of ether oxygens (including phenoxy) is 2. The van der Waals surface area contributed by atoms with Gasteiger partial charge in [-0.3, -0.25) is 0 Å². The van der Waals surface area contributed by atoms with Gasteiger partial charge >= 0.3 is 6.09 Å². The molecular formula is C16H20N4O3. The van der Waals surface area contributed by atoms with Gasteiger partial charge in [0.2, 0.25) is 0 Å². The summed E-state index contributed by atoms with van der Waals surface area (Å²) in [5.41, 5.74) is 0.740. The fourth-order valence-corrected chi connectivity index (χ4v) is 2.79.